The predicted molar refractivity (Wildman–Crippen MR) is 84.0 cm³/mol. The number of carbonyl (C=O) groups excluding carboxylic acids is 1. The average molecular weight is 294 g/mol. The molecule has 1 saturated carbocycles. The third-order valence-corrected chi connectivity index (χ3v) is 4.68. The Morgan fingerprint density at radius 2 is 2.00 bits per heavy atom. The molecule has 0 atom stereocenters. The van der Waals surface area contributed by atoms with Crippen molar-refractivity contribution in [2.45, 2.75) is 51.5 Å². The lowest BCUT2D eigenvalue weighted by Crippen LogP contribution is -2.39. The zero-order valence-corrected chi connectivity index (χ0v) is 13.2. The summed E-state index contributed by atoms with van der Waals surface area (Å²) in [5.41, 5.74) is 1.14. The minimum absolute atomic E-state index is 0.254. The number of rotatable bonds is 4. The van der Waals surface area contributed by atoms with E-state index in [-0.39, 0.29) is 5.91 Å². The number of hydrogen-bond acceptors (Lipinski definition) is 1. The molecule has 1 aromatic rings. The molecule has 1 aliphatic carbocycles. The van der Waals surface area contributed by atoms with Gasteiger partial charge in [-0.1, -0.05) is 30.7 Å². The number of halogens is 1. The summed E-state index contributed by atoms with van der Waals surface area (Å²) in [5.74, 6) is 1.07. The van der Waals surface area contributed by atoms with E-state index in [0.29, 0.717) is 12.5 Å². The number of carbonyl (C=O) groups is 1. The topological polar surface area (TPSA) is 20.3 Å². The lowest BCUT2D eigenvalue weighted by Gasteiger charge is -2.33. The van der Waals surface area contributed by atoms with Crippen LogP contribution in [0.2, 0.25) is 5.02 Å². The highest BCUT2D eigenvalue weighted by Crippen LogP contribution is 2.26. The Kier molecular flexibility index (Phi) is 5.47. The largest absolute Gasteiger partial charge is 0.343 e. The maximum atomic E-state index is 12.3. The summed E-state index contributed by atoms with van der Waals surface area (Å²) < 4.78 is 0. The molecular formula is C17H24ClNO. The second kappa shape index (κ2) is 7.12. The van der Waals surface area contributed by atoms with Crippen LogP contribution >= 0.6 is 11.6 Å². The summed E-state index contributed by atoms with van der Waals surface area (Å²) in [6.07, 6.45) is 6.14. The first-order valence-electron chi connectivity index (χ1n) is 7.56. The molecule has 110 valence electrons. The second-order valence-corrected chi connectivity index (χ2v) is 6.48. The van der Waals surface area contributed by atoms with E-state index in [2.05, 4.69) is 6.92 Å². The van der Waals surface area contributed by atoms with E-state index < -0.39 is 0 Å². The van der Waals surface area contributed by atoms with Crippen molar-refractivity contribution in [1.29, 1.82) is 0 Å². The van der Waals surface area contributed by atoms with Crippen LogP contribution in [-0.2, 0) is 11.2 Å². The van der Waals surface area contributed by atoms with E-state index in [9.17, 15) is 4.79 Å². The Hall–Kier alpha value is -1.02. The van der Waals surface area contributed by atoms with Gasteiger partial charge < -0.3 is 4.90 Å². The SMILES string of the molecule is CC1CCC(N(C)C(=O)CCc2cccc(Cl)c2)CC1. The average Bonchev–Trinajstić information content (AvgIpc) is 2.45. The zero-order chi connectivity index (χ0) is 14.5. The van der Waals surface area contributed by atoms with E-state index in [1.54, 1.807) is 0 Å². The number of hydrogen-bond donors (Lipinski definition) is 0. The monoisotopic (exact) mass is 293 g/mol. The van der Waals surface area contributed by atoms with Gasteiger partial charge in [-0.2, -0.15) is 0 Å². The minimum atomic E-state index is 0.254. The zero-order valence-electron chi connectivity index (χ0n) is 12.4. The van der Waals surface area contributed by atoms with Crippen LogP contribution in [-0.4, -0.2) is 23.9 Å². The molecule has 0 saturated heterocycles. The maximum Gasteiger partial charge on any atom is 0.222 e. The molecule has 1 aliphatic rings. The molecule has 0 aliphatic heterocycles. The fourth-order valence-electron chi connectivity index (χ4n) is 2.95. The highest BCUT2D eigenvalue weighted by Gasteiger charge is 2.24. The van der Waals surface area contributed by atoms with Gasteiger partial charge in [-0.05, 0) is 55.7 Å². The van der Waals surface area contributed by atoms with Crippen LogP contribution in [0.4, 0.5) is 0 Å². The number of benzene rings is 1. The molecule has 2 rings (SSSR count). The molecule has 2 nitrogen and oxygen atoms in total. The Balaban J connectivity index is 1.82. The summed E-state index contributed by atoms with van der Waals surface area (Å²) in [6, 6.07) is 8.22. The lowest BCUT2D eigenvalue weighted by atomic mass is 9.86. The van der Waals surface area contributed by atoms with Gasteiger partial charge in [0.15, 0.2) is 0 Å². The summed E-state index contributed by atoms with van der Waals surface area (Å²) in [7, 11) is 1.96. The van der Waals surface area contributed by atoms with E-state index in [1.807, 2.05) is 36.2 Å². The Morgan fingerprint density at radius 3 is 2.65 bits per heavy atom. The van der Waals surface area contributed by atoms with Gasteiger partial charge in [-0.3, -0.25) is 4.79 Å². The molecule has 1 fully saturated rings. The van der Waals surface area contributed by atoms with E-state index in [4.69, 9.17) is 11.6 Å². The third-order valence-electron chi connectivity index (χ3n) is 4.44. The summed E-state index contributed by atoms with van der Waals surface area (Å²) in [4.78, 5) is 14.2. The van der Waals surface area contributed by atoms with Crippen LogP contribution in [0.15, 0.2) is 24.3 Å². The molecule has 0 radical (unpaired) electrons. The van der Waals surface area contributed by atoms with Gasteiger partial charge in [0, 0.05) is 24.5 Å². The standard InChI is InChI=1S/C17H24ClNO/c1-13-6-9-16(10-7-13)19(2)17(20)11-8-14-4-3-5-15(18)12-14/h3-5,12-13,16H,6-11H2,1-2H3. The summed E-state index contributed by atoms with van der Waals surface area (Å²) >= 11 is 5.96. The first kappa shape index (κ1) is 15.4. The number of aryl methyl sites for hydroxylation is 1. The van der Waals surface area contributed by atoms with Crippen molar-refractivity contribution >= 4 is 17.5 Å². The Morgan fingerprint density at radius 1 is 1.30 bits per heavy atom. The van der Waals surface area contributed by atoms with Crippen LogP contribution < -0.4 is 0 Å². The molecular weight excluding hydrogens is 270 g/mol. The van der Waals surface area contributed by atoms with E-state index in [0.717, 1.165) is 35.8 Å². The maximum absolute atomic E-state index is 12.3. The van der Waals surface area contributed by atoms with Crippen molar-refractivity contribution in [3.63, 3.8) is 0 Å². The van der Waals surface area contributed by atoms with Gasteiger partial charge in [0.05, 0.1) is 0 Å². The molecule has 0 bridgehead atoms. The smallest absolute Gasteiger partial charge is 0.222 e. The minimum Gasteiger partial charge on any atom is -0.343 e. The number of amides is 1. The summed E-state index contributed by atoms with van der Waals surface area (Å²) in [5, 5.41) is 0.740. The van der Waals surface area contributed by atoms with E-state index >= 15 is 0 Å². The molecule has 0 unspecified atom stereocenters. The van der Waals surface area contributed by atoms with Gasteiger partial charge in [0.2, 0.25) is 5.91 Å². The van der Waals surface area contributed by atoms with Crippen molar-refractivity contribution < 1.29 is 4.79 Å². The second-order valence-electron chi connectivity index (χ2n) is 6.05. The van der Waals surface area contributed by atoms with Gasteiger partial charge in [0.1, 0.15) is 0 Å². The van der Waals surface area contributed by atoms with E-state index in [1.165, 1.54) is 12.8 Å². The summed E-state index contributed by atoms with van der Waals surface area (Å²) in [6.45, 7) is 2.30. The molecule has 0 N–H and O–H groups in total. The molecule has 1 amide bonds. The fraction of sp³-hybridized carbons (Fsp3) is 0.588. The molecule has 20 heavy (non-hydrogen) atoms. The third kappa shape index (κ3) is 4.24. The van der Waals surface area contributed by atoms with Gasteiger partial charge in [-0.25, -0.2) is 0 Å². The highest BCUT2D eigenvalue weighted by atomic mass is 35.5. The van der Waals surface area contributed by atoms with Crippen LogP contribution in [0.5, 0.6) is 0 Å². The lowest BCUT2D eigenvalue weighted by molar-refractivity contribution is -0.132. The van der Waals surface area contributed by atoms with Crippen molar-refractivity contribution in [3.05, 3.63) is 34.9 Å². The van der Waals surface area contributed by atoms with Crippen molar-refractivity contribution in [1.82, 2.24) is 4.90 Å². The molecule has 0 heterocycles. The van der Waals surface area contributed by atoms with Crippen LogP contribution in [0.25, 0.3) is 0 Å². The first-order valence-corrected chi connectivity index (χ1v) is 7.94. The van der Waals surface area contributed by atoms with Crippen LogP contribution in [0.3, 0.4) is 0 Å². The number of nitrogens with zero attached hydrogens (tertiary/aromatic N) is 1. The Bertz CT molecular complexity index is 452. The first-order chi connectivity index (χ1) is 9.56. The quantitative estimate of drug-likeness (QED) is 0.810. The molecule has 0 aromatic heterocycles. The van der Waals surface area contributed by atoms with Gasteiger partial charge in [0.25, 0.3) is 0 Å². The molecule has 1 aromatic carbocycles. The van der Waals surface area contributed by atoms with Gasteiger partial charge in [-0.15, -0.1) is 0 Å². The van der Waals surface area contributed by atoms with Crippen molar-refractivity contribution in [2.24, 2.45) is 5.92 Å². The molecule has 3 heteroatoms. The van der Waals surface area contributed by atoms with Crippen LogP contribution in [0.1, 0.15) is 44.6 Å². The van der Waals surface area contributed by atoms with Gasteiger partial charge >= 0.3 is 0 Å². The predicted octanol–water partition coefficient (Wildman–Crippen LogP) is 4.31. The highest BCUT2D eigenvalue weighted by molar-refractivity contribution is 6.30. The fourth-order valence-corrected chi connectivity index (χ4v) is 3.17. The van der Waals surface area contributed by atoms with Crippen LogP contribution in [0, 0.1) is 5.92 Å². The van der Waals surface area contributed by atoms with Crippen molar-refractivity contribution in [3.8, 4) is 0 Å². The molecule has 0 spiro atoms. The Labute approximate surface area is 127 Å². The van der Waals surface area contributed by atoms with Crippen molar-refractivity contribution in [2.75, 3.05) is 7.05 Å². The normalized spacial score (nSPS) is 22.6.